The molecule has 1 aliphatic rings. The Hall–Kier alpha value is -1.93. The van der Waals surface area contributed by atoms with Crippen LogP contribution in [0.2, 0.25) is 0 Å². The summed E-state index contributed by atoms with van der Waals surface area (Å²) in [4.78, 5) is 4.46. The van der Waals surface area contributed by atoms with Crippen LogP contribution in [-0.2, 0) is 6.54 Å². The predicted molar refractivity (Wildman–Crippen MR) is 70.4 cm³/mol. The summed E-state index contributed by atoms with van der Waals surface area (Å²) in [6.45, 7) is 0.675. The van der Waals surface area contributed by atoms with Gasteiger partial charge < -0.3 is 5.32 Å². The summed E-state index contributed by atoms with van der Waals surface area (Å²) in [7, 11) is 0. The van der Waals surface area contributed by atoms with Gasteiger partial charge in [0, 0.05) is 24.0 Å². The molecule has 0 aliphatic heterocycles. The van der Waals surface area contributed by atoms with E-state index in [0.29, 0.717) is 18.0 Å². The van der Waals surface area contributed by atoms with Crippen molar-refractivity contribution in [2.45, 2.75) is 25.3 Å². The van der Waals surface area contributed by atoms with Crippen molar-refractivity contribution in [1.82, 2.24) is 9.36 Å². The maximum absolute atomic E-state index is 8.83. The van der Waals surface area contributed by atoms with Gasteiger partial charge in [-0.3, -0.25) is 0 Å². The van der Waals surface area contributed by atoms with Crippen LogP contribution in [0.3, 0.4) is 0 Å². The highest BCUT2D eigenvalue weighted by Crippen LogP contribution is 2.39. The van der Waals surface area contributed by atoms with E-state index in [2.05, 4.69) is 20.7 Å². The molecular weight excluding hydrogens is 244 g/mol. The lowest BCUT2D eigenvalue weighted by Gasteiger charge is -2.02. The van der Waals surface area contributed by atoms with Crippen LogP contribution in [0, 0.1) is 11.3 Å². The fourth-order valence-electron chi connectivity index (χ4n) is 1.74. The number of aromatic nitrogens is 2. The van der Waals surface area contributed by atoms with Crippen LogP contribution in [0.4, 0.5) is 5.13 Å². The number of nitrogens with zero attached hydrogens (tertiary/aromatic N) is 3. The first-order valence-corrected chi connectivity index (χ1v) is 6.69. The van der Waals surface area contributed by atoms with Gasteiger partial charge in [0.1, 0.15) is 5.82 Å². The number of nitriles is 1. The van der Waals surface area contributed by atoms with Gasteiger partial charge >= 0.3 is 0 Å². The molecule has 5 heteroatoms. The number of rotatable bonds is 4. The molecule has 4 nitrogen and oxygen atoms in total. The summed E-state index contributed by atoms with van der Waals surface area (Å²) in [5.74, 6) is 1.58. The molecule has 0 atom stereocenters. The largest absolute Gasteiger partial charge is 0.356 e. The highest BCUT2D eigenvalue weighted by molar-refractivity contribution is 7.09. The number of benzene rings is 1. The molecule has 1 fully saturated rings. The lowest BCUT2D eigenvalue weighted by Crippen LogP contribution is -1.99. The second kappa shape index (κ2) is 4.75. The van der Waals surface area contributed by atoms with Crippen LogP contribution < -0.4 is 5.32 Å². The lowest BCUT2D eigenvalue weighted by molar-refractivity contribution is 0.980. The highest BCUT2D eigenvalue weighted by atomic mass is 32.1. The zero-order chi connectivity index (χ0) is 12.4. The topological polar surface area (TPSA) is 61.6 Å². The zero-order valence-corrected chi connectivity index (χ0v) is 10.6. The summed E-state index contributed by atoms with van der Waals surface area (Å²) in [6.07, 6.45) is 2.45. The Morgan fingerprint density at radius 2 is 2.33 bits per heavy atom. The van der Waals surface area contributed by atoms with E-state index in [9.17, 15) is 0 Å². The number of hydrogen-bond acceptors (Lipinski definition) is 5. The summed E-state index contributed by atoms with van der Waals surface area (Å²) in [6, 6.07) is 9.72. The second-order valence-electron chi connectivity index (χ2n) is 4.40. The van der Waals surface area contributed by atoms with E-state index < -0.39 is 0 Å². The Morgan fingerprint density at radius 3 is 3.11 bits per heavy atom. The molecule has 1 N–H and O–H groups in total. The van der Waals surface area contributed by atoms with Crippen molar-refractivity contribution in [2.75, 3.05) is 5.32 Å². The van der Waals surface area contributed by atoms with Crippen LogP contribution in [0.25, 0.3) is 0 Å². The fourth-order valence-corrected chi connectivity index (χ4v) is 2.38. The third kappa shape index (κ3) is 2.49. The minimum absolute atomic E-state index is 0.596. The van der Waals surface area contributed by atoms with E-state index >= 15 is 0 Å². The molecule has 90 valence electrons. The molecule has 1 heterocycles. The van der Waals surface area contributed by atoms with Gasteiger partial charge in [-0.2, -0.15) is 9.64 Å². The molecule has 1 aromatic carbocycles. The van der Waals surface area contributed by atoms with Gasteiger partial charge in [0.15, 0.2) is 0 Å². The van der Waals surface area contributed by atoms with E-state index in [0.717, 1.165) is 16.5 Å². The number of hydrogen-bond donors (Lipinski definition) is 1. The van der Waals surface area contributed by atoms with Gasteiger partial charge in [0.2, 0.25) is 5.13 Å². The summed E-state index contributed by atoms with van der Waals surface area (Å²) < 4.78 is 4.34. The monoisotopic (exact) mass is 256 g/mol. The second-order valence-corrected chi connectivity index (χ2v) is 5.15. The minimum atomic E-state index is 0.596. The Morgan fingerprint density at radius 1 is 1.44 bits per heavy atom. The quantitative estimate of drug-likeness (QED) is 0.913. The summed E-state index contributed by atoms with van der Waals surface area (Å²) in [5.41, 5.74) is 1.77. The van der Waals surface area contributed by atoms with E-state index in [1.54, 1.807) is 6.07 Å². The molecule has 1 aliphatic carbocycles. The Bertz CT molecular complexity index is 595. The molecule has 18 heavy (non-hydrogen) atoms. The first kappa shape index (κ1) is 11.2. The molecule has 0 bridgehead atoms. The highest BCUT2D eigenvalue weighted by Gasteiger charge is 2.27. The maximum Gasteiger partial charge on any atom is 0.202 e. The molecular formula is C13H12N4S. The van der Waals surface area contributed by atoms with Crippen LogP contribution in [0.15, 0.2) is 24.3 Å². The van der Waals surface area contributed by atoms with Gasteiger partial charge in [0.25, 0.3) is 0 Å². The molecule has 0 spiro atoms. The third-order valence-electron chi connectivity index (χ3n) is 2.88. The summed E-state index contributed by atoms with van der Waals surface area (Å²) >= 11 is 1.41. The number of anilines is 1. The lowest BCUT2D eigenvalue weighted by atomic mass is 10.1. The zero-order valence-electron chi connectivity index (χ0n) is 9.76. The van der Waals surface area contributed by atoms with Crippen molar-refractivity contribution < 1.29 is 0 Å². The molecule has 1 aromatic heterocycles. The molecule has 0 saturated heterocycles. The van der Waals surface area contributed by atoms with Crippen LogP contribution >= 0.6 is 11.5 Å². The average molecular weight is 256 g/mol. The predicted octanol–water partition coefficient (Wildman–Crippen LogP) is 2.90. The maximum atomic E-state index is 8.83. The normalized spacial score (nSPS) is 14.2. The molecule has 3 rings (SSSR count). The smallest absolute Gasteiger partial charge is 0.202 e. The first-order valence-electron chi connectivity index (χ1n) is 5.91. The molecule has 1 saturated carbocycles. The fraction of sp³-hybridized carbons (Fsp3) is 0.308. The van der Waals surface area contributed by atoms with E-state index in [-0.39, 0.29) is 0 Å². The molecule has 0 amide bonds. The first-order chi connectivity index (χ1) is 8.85. The van der Waals surface area contributed by atoms with Crippen molar-refractivity contribution in [3.63, 3.8) is 0 Å². The van der Waals surface area contributed by atoms with Crippen molar-refractivity contribution in [3.8, 4) is 6.07 Å². The average Bonchev–Trinajstić information content (AvgIpc) is 3.16. The van der Waals surface area contributed by atoms with E-state index in [4.69, 9.17) is 5.26 Å². The van der Waals surface area contributed by atoms with Gasteiger partial charge in [0.05, 0.1) is 11.6 Å². The van der Waals surface area contributed by atoms with Crippen molar-refractivity contribution in [2.24, 2.45) is 0 Å². The Balaban J connectivity index is 1.64. The van der Waals surface area contributed by atoms with E-state index in [1.165, 1.54) is 24.4 Å². The SMILES string of the molecule is N#Cc1cccc(CNc2nc(C3CC3)ns2)c1. The molecule has 0 radical (unpaired) electrons. The van der Waals surface area contributed by atoms with E-state index in [1.807, 2.05) is 18.2 Å². The van der Waals surface area contributed by atoms with Crippen LogP contribution in [-0.4, -0.2) is 9.36 Å². The molecule has 2 aromatic rings. The van der Waals surface area contributed by atoms with Gasteiger partial charge in [-0.1, -0.05) is 12.1 Å². The molecule has 0 unspecified atom stereocenters. The van der Waals surface area contributed by atoms with Crippen LogP contribution in [0.1, 0.15) is 35.7 Å². The van der Waals surface area contributed by atoms with Crippen molar-refractivity contribution in [3.05, 3.63) is 41.2 Å². The van der Waals surface area contributed by atoms with Crippen molar-refractivity contribution in [1.29, 1.82) is 5.26 Å². The standard InChI is InChI=1S/C13H12N4S/c14-7-9-2-1-3-10(6-9)8-15-13-16-12(17-18-13)11-4-5-11/h1-3,6,11H,4-5,8H2,(H,15,16,17). The number of nitrogens with one attached hydrogen (secondary N) is 1. The Kier molecular flexibility index (Phi) is 2.95. The minimum Gasteiger partial charge on any atom is -0.356 e. The van der Waals surface area contributed by atoms with Gasteiger partial charge in [-0.25, -0.2) is 4.98 Å². The summed E-state index contributed by atoms with van der Waals surface area (Å²) in [5, 5.41) is 12.9. The van der Waals surface area contributed by atoms with Crippen LogP contribution in [0.5, 0.6) is 0 Å². The van der Waals surface area contributed by atoms with Crippen molar-refractivity contribution >= 4 is 16.7 Å². The van der Waals surface area contributed by atoms with Gasteiger partial charge in [-0.05, 0) is 30.5 Å². The van der Waals surface area contributed by atoms with Gasteiger partial charge in [-0.15, -0.1) is 0 Å². The third-order valence-corrected chi connectivity index (χ3v) is 3.57. The Labute approximate surface area is 109 Å².